The molecule has 0 saturated carbocycles. The Balaban J connectivity index is 1.63. The molecule has 1 aliphatic carbocycles. The molecule has 5 aromatic carbocycles. The second kappa shape index (κ2) is 8.03. The van der Waals surface area contributed by atoms with Crippen LogP contribution in [0.5, 0.6) is 0 Å². The van der Waals surface area contributed by atoms with Gasteiger partial charge >= 0.3 is 0 Å². The summed E-state index contributed by atoms with van der Waals surface area (Å²) in [4.78, 5) is 10.8. The molecule has 7 rings (SSSR count). The van der Waals surface area contributed by atoms with E-state index in [1.165, 1.54) is 11.1 Å². The molecule has 0 fully saturated rings. The van der Waals surface area contributed by atoms with Crippen LogP contribution in [0, 0.1) is 0 Å². The summed E-state index contributed by atoms with van der Waals surface area (Å²) in [6.45, 7) is 0. The van der Waals surface area contributed by atoms with Gasteiger partial charge in [0, 0.05) is 22.3 Å². The smallest absolute Gasteiger partial charge is 0.0979 e. The van der Waals surface area contributed by atoms with Crippen molar-refractivity contribution in [2.75, 3.05) is 0 Å². The molecule has 0 spiro atoms. The third-order valence-electron chi connectivity index (χ3n) is 6.92. The van der Waals surface area contributed by atoms with Crippen molar-refractivity contribution >= 4 is 11.0 Å². The van der Waals surface area contributed by atoms with Crippen molar-refractivity contribution in [2.24, 2.45) is 0 Å². The maximum absolute atomic E-state index is 5.42. The van der Waals surface area contributed by atoms with E-state index in [4.69, 9.17) is 9.97 Å². The number of aromatic nitrogens is 2. The lowest BCUT2D eigenvalue weighted by Gasteiger charge is -2.15. The highest BCUT2D eigenvalue weighted by Gasteiger charge is 2.24. The largest absolute Gasteiger partial charge is 0.243 e. The van der Waals surface area contributed by atoms with E-state index < -0.39 is 0 Å². The number of fused-ring (bicyclic) bond motifs is 6. The topological polar surface area (TPSA) is 25.8 Å². The highest BCUT2D eigenvalue weighted by molar-refractivity contribution is 6.03. The Bertz CT molecular complexity index is 1580. The highest BCUT2D eigenvalue weighted by atomic mass is 14.8. The van der Waals surface area contributed by atoms with Crippen molar-refractivity contribution < 1.29 is 0 Å². The van der Waals surface area contributed by atoms with Crippen molar-refractivity contribution in [3.63, 3.8) is 0 Å². The van der Waals surface area contributed by atoms with Gasteiger partial charge in [0.2, 0.25) is 0 Å². The first-order valence-electron chi connectivity index (χ1n) is 12.0. The zero-order valence-corrected chi connectivity index (χ0v) is 19.1. The number of hydrogen-bond acceptors (Lipinski definition) is 2. The minimum atomic E-state index is 0.873. The van der Waals surface area contributed by atoms with Gasteiger partial charge in [-0.15, -0.1) is 0 Å². The van der Waals surface area contributed by atoms with Gasteiger partial charge in [-0.3, -0.25) is 0 Å². The minimum Gasteiger partial charge on any atom is -0.243 e. The Morgan fingerprint density at radius 1 is 0.371 bits per heavy atom. The molecule has 2 heteroatoms. The van der Waals surface area contributed by atoms with Crippen LogP contribution < -0.4 is 0 Å². The summed E-state index contributed by atoms with van der Waals surface area (Å²) >= 11 is 0. The Labute approximate surface area is 204 Å². The van der Waals surface area contributed by atoms with E-state index >= 15 is 0 Å². The van der Waals surface area contributed by atoms with Crippen LogP contribution in [0.1, 0.15) is 11.1 Å². The third kappa shape index (κ3) is 3.26. The third-order valence-corrected chi connectivity index (χ3v) is 6.92. The van der Waals surface area contributed by atoms with E-state index in [2.05, 4.69) is 121 Å². The van der Waals surface area contributed by atoms with Crippen molar-refractivity contribution in [3.8, 4) is 44.8 Å². The molecule has 164 valence electrons. The van der Waals surface area contributed by atoms with Crippen LogP contribution in [0.25, 0.3) is 55.8 Å². The Morgan fingerprint density at radius 2 is 0.771 bits per heavy atom. The molecular weight excluding hydrogens is 424 g/mol. The van der Waals surface area contributed by atoms with Crippen LogP contribution in [-0.2, 0) is 6.42 Å². The average molecular weight is 447 g/mol. The van der Waals surface area contributed by atoms with Crippen LogP contribution in [0.2, 0.25) is 0 Å². The van der Waals surface area contributed by atoms with Crippen LogP contribution >= 0.6 is 0 Å². The Morgan fingerprint density at radius 3 is 1.23 bits per heavy atom. The van der Waals surface area contributed by atoms with Gasteiger partial charge in [-0.25, -0.2) is 9.97 Å². The first-order valence-corrected chi connectivity index (χ1v) is 12.0. The predicted molar refractivity (Wildman–Crippen MR) is 144 cm³/mol. The van der Waals surface area contributed by atoms with Gasteiger partial charge in [0.25, 0.3) is 0 Å². The molecule has 0 atom stereocenters. The number of rotatable bonds is 2. The lowest BCUT2D eigenvalue weighted by molar-refractivity contribution is 1.21. The molecule has 0 N–H and O–H groups in total. The van der Waals surface area contributed by atoms with E-state index in [-0.39, 0.29) is 0 Å². The van der Waals surface area contributed by atoms with Crippen molar-refractivity contribution in [1.82, 2.24) is 9.97 Å². The van der Waals surface area contributed by atoms with Gasteiger partial charge in [0.1, 0.15) is 0 Å². The van der Waals surface area contributed by atoms with E-state index in [9.17, 15) is 0 Å². The summed E-state index contributed by atoms with van der Waals surface area (Å²) in [6.07, 6.45) is 0.873. The Kier molecular flexibility index (Phi) is 4.56. The predicted octanol–water partition coefficient (Wildman–Crippen LogP) is 8.20. The van der Waals surface area contributed by atoms with Gasteiger partial charge in [0.05, 0.1) is 22.4 Å². The van der Waals surface area contributed by atoms with Crippen molar-refractivity contribution in [3.05, 3.63) is 132 Å². The average Bonchev–Trinajstić information content (AvgIpc) is 3.06. The Hall–Kier alpha value is -4.56. The molecule has 1 aromatic heterocycles. The lowest BCUT2D eigenvalue weighted by atomic mass is 9.96. The van der Waals surface area contributed by atoms with E-state index in [1.54, 1.807) is 0 Å². The van der Waals surface area contributed by atoms with Gasteiger partial charge < -0.3 is 0 Å². The van der Waals surface area contributed by atoms with E-state index in [0.717, 1.165) is 62.2 Å². The second-order valence-electron chi connectivity index (χ2n) is 9.00. The standard InChI is InChI=1S/C33H22N2/c1-3-11-22(12-4-1)28-19-20-29(23-13-5-2-6-14-23)33-32(28)34-30-26-17-9-7-15-24(26)21-25-16-8-10-18-27(25)31(30)35-33/h1-20H,21H2. The minimum absolute atomic E-state index is 0.873. The van der Waals surface area contributed by atoms with Crippen LogP contribution in [0.3, 0.4) is 0 Å². The van der Waals surface area contributed by atoms with Gasteiger partial charge in [-0.05, 0) is 28.7 Å². The molecule has 0 saturated heterocycles. The summed E-state index contributed by atoms with van der Waals surface area (Å²) < 4.78 is 0. The van der Waals surface area contributed by atoms with E-state index in [0.29, 0.717) is 0 Å². The zero-order chi connectivity index (χ0) is 23.2. The molecule has 0 unspecified atom stereocenters. The van der Waals surface area contributed by atoms with Crippen molar-refractivity contribution in [1.29, 1.82) is 0 Å². The highest BCUT2D eigenvalue weighted by Crippen LogP contribution is 2.42. The van der Waals surface area contributed by atoms with Crippen molar-refractivity contribution in [2.45, 2.75) is 6.42 Å². The summed E-state index contributed by atoms with van der Waals surface area (Å²) in [5.41, 5.74) is 13.2. The molecule has 6 aromatic rings. The lowest BCUT2D eigenvalue weighted by Crippen LogP contribution is -1.98. The molecule has 1 heterocycles. The fourth-order valence-electron chi connectivity index (χ4n) is 5.23. The van der Waals surface area contributed by atoms with Gasteiger partial charge in [0.15, 0.2) is 0 Å². The zero-order valence-electron chi connectivity index (χ0n) is 19.1. The number of nitrogens with zero attached hydrogens (tertiary/aromatic N) is 2. The first-order chi connectivity index (χ1) is 17.4. The van der Waals surface area contributed by atoms with Crippen LogP contribution in [0.4, 0.5) is 0 Å². The molecule has 0 aliphatic heterocycles. The first kappa shape index (κ1) is 19.9. The fourth-order valence-corrected chi connectivity index (χ4v) is 5.23. The molecule has 35 heavy (non-hydrogen) atoms. The maximum atomic E-state index is 5.42. The number of hydrogen-bond donors (Lipinski definition) is 0. The monoisotopic (exact) mass is 446 g/mol. The van der Waals surface area contributed by atoms with E-state index in [1.807, 2.05) is 0 Å². The molecule has 0 amide bonds. The molecule has 2 nitrogen and oxygen atoms in total. The second-order valence-corrected chi connectivity index (χ2v) is 9.00. The fraction of sp³-hybridized carbons (Fsp3) is 0.0303. The summed E-state index contributed by atoms with van der Waals surface area (Å²) in [6, 6.07) is 42.6. The van der Waals surface area contributed by atoms with Crippen LogP contribution in [-0.4, -0.2) is 9.97 Å². The molecule has 0 radical (unpaired) electrons. The summed E-state index contributed by atoms with van der Waals surface area (Å²) in [7, 11) is 0. The SMILES string of the molecule is c1ccc(-c2ccc(-c3ccccc3)c3nc4c(nc23)-c2ccccc2Cc2ccccc2-4)cc1. The van der Waals surface area contributed by atoms with Gasteiger partial charge in [-0.1, -0.05) is 121 Å². The normalized spacial score (nSPS) is 11.9. The molecular formula is C33H22N2. The maximum Gasteiger partial charge on any atom is 0.0979 e. The van der Waals surface area contributed by atoms with Crippen LogP contribution in [0.15, 0.2) is 121 Å². The molecule has 1 aliphatic rings. The quantitative estimate of drug-likeness (QED) is 0.267. The molecule has 0 bridgehead atoms. The number of benzene rings is 5. The van der Waals surface area contributed by atoms with Gasteiger partial charge in [-0.2, -0.15) is 0 Å². The summed E-state index contributed by atoms with van der Waals surface area (Å²) in [5, 5.41) is 0. The summed E-state index contributed by atoms with van der Waals surface area (Å²) in [5.74, 6) is 0.